The van der Waals surface area contributed by atoms with Gasteiger partial charge in [0.15, 0.2) is 0 Å². The van der Waals surface area contributed by atoms with Gasteiger partial charge in [-0.25, -0.2) is 9.37 Å². The van der Waals surface area contributed by atoms with Crippen LogP contribution in [0.4, 0.5) is 10.1 Å². The van der Waals surface area contributed by atoms with Gasteiger partial charge in [0.25, 0.3) is 0 Å². The molecule has 0 N–H and O–H groups in total. The Bertz CT molecular complexity index is 935. The van der Waals surface area contributed by atoms with Crippen molar-refractivity contribution >= 4 is 22.9 Å². The number of benzene rings is 2. The second-order valence-corrected chi connectivity index (χ2v) is 7.47. The molecule has 0 spiro atoms. The molecule has 4 rings (SSSR count). The second kappa shape index (κ2) is 7.00. The number of rotatable bonds is 3. The summed E-state index contributed by atoms with van der Waals surface area (Å²) in [7, 11) is 0. The molecule has 0 bridgehead atoms. The van der Waals surface area contributed by atoms with Crippen molar-refractivity contribution in [1.29, 1.82) is 0 Å². The summed E-state index contributed by atoms with van der Waals surface area (Å²) in [5, 5.41) is 2.72. The van der Waals surface area contributed by atoms with Gasteiger partial charge in [0.05, 0.1) is 12.1 Å². The molecule has 26 heavy (non-hydrogen) atoms. The largest absolute Gasteiger partial charge is 0.309 e. The minimum atomic E-state index is -0.265. The average Bonchev–Trinajstić information content (AvgIpc) is 3.10. The van der Waals surface area contributed by atoms with Gasteiger partial charge in [-0.15, -0.1) is 11.3 Å². The molecule has 2 heterocycles. The van der Waals surface area contributed by atoms with Gasteiger partial charge >= 0.3 is 0 Å². The SMILES string of the molecule is C[C@H]1CCc2ccccc2N1C(=O)Cc1csc(-c2ccc(F)cc2)n1. The first-order valence-corrected chi connectivity index (χ1v) is 9.60. The molecule has 0 fully saturated rings. The third-order valence-corrected chi connectivity index (χ3v) is 5.71. The molecule has 0 unspecified atom stereocenters. The van der Waals surface area contributed by atoms with Crippen molar-refractivity contribution < 1.29 is 9.18 Å². The molecule has 1 amide bonds. The predicted molar refractivity (Wildman–Crippen MR) is 103 cm³/mol. The van der Waals surface area contributed by atoms with E-state index in [1.165, 1.54) is 29.0 Å². The quantitative estimate of drug-likeness (QED) is 0.663. The van der Waals surface area contributed by atoms with E-state index in [9.17, 15) is 9.18 Å². The predicted octanol–water partition coefficient (Wildman–Crippen LogP) is 4.86. The minimum Gasteiger partial charge on any atom is -0.309 e. The highest BCUT2D eigenvalue weighted by molar-refractivity contribution is 7.13. The van der Waals surface area contributed by atoms with E-state index in [0.29, 0.717) is 0 Å². The molecule has 1 aliphatic heterocycles. The Kier molecular flexibility index (Phi) is 4.55. The zero-order chi connectivity index (χ0) is 18.1. The van der Waals surface area contributed by atoms with Crippen molar-refractivity contribution in [1.82, 2.24) is 4.98 Å². The van der Waals surface area contributed by atoms with Gasteiger partial charge in [-0.1, -0.05) is 18.2 Å². The lowest BCUT2D eigenvalue weighted by atomic mass is 9.96. The third kappa shape index (κ3) is 3.27. The van der Waals surface area contributed by atoms with E-state index in [-0.39, 0.29) is 24.2 Å². The summed E-state index contributed by atoms with van der Waals surface area (Å²) in [5.41, 5.74) is 3.87. The first kappa shape index (κ1) is 16.9. The molecule has 1 aliphatic rings. The molecule has 0 aliphatic carbocycles. The Labute approximate surface area is 156 Å². The van der Waals surface area contributed by atoms with Crippen LogP contribution in [0.5, 0.6) is 0 Å². The first-order chi connectivity index (χ1) is 12.6. The van der Waals surface area contributed by atoms with Crippen molar-refractivity contribution in [2.45, 2.75) is 32.2 Å². The fraction of sp³-hybridized carbons (Fsp3) is 0.238. The van der Waals surface area contributed by atoms with E-state index in [2.05, 4.69) is 18.0 Å². The lowest BCUT2D eigenvalue weighted by Crippen LogP contribution is -2.43. The van der Waals surface area contributed by atoms with Crippen LogP contribution >= 0.6 is 11.3 Å². The number of hydrogen-bond acceptors (Lipinski definition) is 3. The zero-order valence-corrected chi connectivity index (χ0v) is 15.3. The molecule has 3 nitrogen and oxygen atoms in total. The highest BCUT2D eigenvalue weighted by atomic mass is 32.1. The summed E-state index contributed by atoms with van der Waals surface area (Å²) < 4.78 is 13.1. The number of fused-ring (bicyclic) bond motifs is 1. The van der Waals surface area contributed by atoms with Crippen molar-refractivity contribution in [3.8, 4) is 10.6 Å². The number of nitrogens with zero attached hydrogens (tertiary/aromatic N) is 2. The number of hydrogen-bond donors (Lipinski definition) is 0. The summed E-state index contributed by atoms with van der Waals surface area (Å²) in [6.45, 7) is 2.10. The fourth-order valence-corrected chi connectivity index (χ4v) is 4.25. The van der Waals surface area contributed by atoms with Crippen LogP contribution in [-0.4, -0.2) is 16.9 Å². The number of anilines is 1. The van der Waals surface area contributed by atoms with Gasteiger partial charge in [0.1, 0.15) is 10.8 Å². The number of aromatic nitrogens is 1. The number of amides is 1. The van der Waals surface area contributed by atoms with E-state index in [0.717, 1.165) is 34.8 Å². The molecule has 1 aromatic heterocycles. The molecule has 0 saturated heterocycles. The van der Waals surface area contributed by atoms with E-state index in [1.54, 1.807) is 12.1 Å². The van der Waals surface area contributed by atoms with Crippen LogP contribution in [0.25, 0.3) is 10.6 Å². The van der Waals surface area contributed by atoms with Crippen LogP contribution < -0.4 is 4.90 Å². The lowest BCUT2D eigenvalue weighted by Gasteiger charge is -2.35. The maximum Gasteiger partial charge on any atom is 0.233 e. The fourth-order valence-electron chi connectivity index (χ4n) is 3.42. The van der Waals surface area contributed by atoms with Crippen LogP contribution in [0.2, 0.25) is 0 Å². The molecule has 3 aromatic rings. The summed E-state index contributed by atoms with van der Waals surface area (Å²) >= 11 is 1.48. The number of thiazole rings is 1. The van der Waals surface area contributed by atoms with Gasteiger partial charge in [-0.2, -0.15) is 0 Å². The van der Waals surface area contributed by atoms with Gasteiger partial charge in [-0.05, 0) is 55.7 Å². The first-order valence-electron chi connectivity index (χ1n) is 8.72. The Morgan fingerprint density at radius 2 is 2.00 bits per heavy atom. The Balaban J connectivity index is 1.55. The average molecular weight is 366 g/mol. The number of carbonyl (C=O) groups excluding carboxylic acids is 1. The van der Waals surface area contributed by atoms with Crippen molar-refractivity contribution in [3.05, 3.63) is 71.0 Å². The maximum absolute atomic E-state index is 13.1. The van der Waals surface area contributed by atoms with Crippen LogP contribution in [0.15, 0.2) is 53.9 Å². The van der Waals surface area contributed by atoms with Crippen molar-refractivity contribution in [2.75, 3.05) is 4.90 Å². The second-order valence-electron chi connectivity index (χ2n) is 6.61. The third-order valence-electron chi connectivity index (χ3n) is 4.77. The van der Waals surface area contributed by atoms with E-state index >= 15 is 0 Å². The summed E-state index contributed by atoms with van der Waals surface area (Å²) in [5.74, 6) is -0.195. The van der Waals surface area contributed by atoms with Crippen LogP contribution in [0.3, 0.4) is 0 Å². The Morgan fingerprint density at radius 1 is 1.23 bits per heavy atom. The summed E-state index contributed by atoms with van der Waals surface area (Å²) in [6, 6.07) is 14.6. The van der Waals surface area contributed by atoms with E-state index in [4.69, 9.17) is 0 Å². The Morgan fingerprint density at radius 3 is 2.81 bits per heavy atom. The normalized spacial score (nSPS) is 16.4. The maximum atomic E-state index is 13.1. The Hall–Kier alpha value is -2.53. The van der Waals surface area contributed by atoms with Gasteiger partial charge in [-0.3, -0.25) is 4.79 Å². The standard InChI is InChI=1S/C21H19FN2OS/c1-14-6-7-15-4-2-3-5-19(15)24(14)20(25)12-18-13-26-21(23-18)16-8-10-17(22)11-9-16/h2-5,8-11,13-14H,6-7,12H2,1H3/t14-/m0/s1. The minimum absolute atomic E-state index is 0.0700. The van der Waals surface area contributed by atoms with Crippen LogP contribution in [0.1, 0.15) is 24.6 Å². The topological polar surface area (TPSA) is 33.2 Å². The monoisotopic (exact) mass is 366 g/mol. The summed E-state index contributed by atoms with van der Waals surface area (Å²) in [6.07, 6.45) is 2.25. The smallest absolute Gasteiger partial charge is 0.233 e. The molecule has 1 atom stereocenters. The molecular weight excluding hydrogens is 347 g/mol. The zero-order valence-electron chi connectivity index (χ0n) is 14.5. The van der Waals surface area contributed by atoms with Crippen molar-refractivity contribution in [2.24, 2.45) is 0 Å². The number of aryl methyl sites for hydroxylation is 1. The highest BCUT2D eigenvalue weighted by Crippen LogP contribution is 2.31. The van der Waals surface area contributed by atoms with E-state index < -0.39 is 0 Å². The molecular formula is C21H19FN2OS. The van der Waals surface area contributed by atoms with E-state index in [1.807, 2.05) is 28.5 Å². The van der Waals surface area contributed by atoms with Gasteiger partial charge < -0.3 is 4.90 Å². The molecule has 2 aromatic carbocycles. The van der Waals surface area contributed by atoms with Crippen LogP contribution in [0, 0.1) is 5.82 Å². The van der Waals surface area contributed by atoms with Crippen molar-refractivity contribution in [3.63, 3.8) is 0 Å². The van der Waals surface area contributed by atoms with Crippen LogP contribution in [-0.2, 0) is 17.6 Å². The number of halogens is 1. The summed E-state index contributed by atoms with van der Waals surface area (Å²) in [4.78, 5) is 19.5. The molecule has 0 radical (unpaired) electrons. The molecule has 5 heteroatoms. The molecule has 132 valence electrons. The van der Waals surface area contributed by atoms with Gasteiger partial charge in [0, 0.05) is 22.7 Å². The van der Waals surface area contributed by atoms with Gasteiger partial charge in [0.2, 0.25) is 5.91 Å². The number of para-hydroxylation sites is 1. The molecule has 0 saturated carbocycles. The lowest BCUT2D eigenvalue weighted by molar-refractivity contribution is -0.118. The number of carbonyl (C=O) groups is 1. The highest BCUT2D eigenvalue weighted by Gasteiger charge is 2.28.